The topological polar surface area (TPSA) is 43.6 Å². The smallest absolute Gasteiger partial charge is 0.187 e. The molecule has 0 aliphatic heterocycles. The molecular formula is C12H13ClN4S. The quantitative estimate of drug-likeness (QED) is 0.807. The van der Waals surface area contributed by atoms with Crippen molar-refractivity contribution in [1.82, 2.24) is 20.2 Å². The summed E-state index contributed by atoms with van der Waals surface area (Å²) in [4.78, 5) is 0. The van der Waals surface area contributed by atoms with Crippen LogP contribution >= 0.6 is 23.4 Å². The van der Waals surface area contributed by atoms with Gasteiger partial charge in [-0.05, 0) is 41.5 Å². The van der Waals surface area contributed by atoms with Gasteiger partial charge in [0.2, 0.25) is 5.16 Å². The molecule has 0 saturated heterocycles. The van der Waals surface area contributed by atoms with Crippen LogP contribution in [0.25, 0.3) is 5.69 Å². The summed E-state index contributed by atoms with van der Waals surface area (Å²) in [5.74, 6) is 0.590. The predicted octanol–water partition coefficient (Wildman–Crippen LogP) is 3.12. The van der Waals surface area contributed by atoms with Crippen molar-refractivity contribution in [1.29, 1.82) is 0 Å². The summed E-state index contributed by atoms with van der Waals surface area (Å²) >= 11 is 7.22. The van der Waals surface area contributed by atoms with Gasteiger partial charge in [0.15, 0.2) is 0 Å². The van der Waals surface area contributed by atoms with Crippen LogP contribution in [0.15, 0.2) is 35.0 Å². The number of nitrogens with zero attached hydrogens (tertiary/aromatic N) is 4. The largest absolute Gasteiger partial charge is 0.214 e. The number of hydrogen-bond donors (Lipinski definition) is 0. The van der Waals surface area contributed by atoms with E-state index in [2.05, 4.69) is 42.0 Å². The molecule has 0 saturated carbocycles. The molecule has 0 aliphatic carbocycles. The second kappa shape index (κ2) is 5.54. The Hall–Kier alpha value is -1.33. The summed E-state index contributed by atoms with van der Waals surface area (Å²) in [7, 11) is 0. The van der Waals surface area contributed by atoms with Crippen molar-refractivity contribution in [2.24, 2.45) is 0 Å². The van der Waals surface area contributed by atoms with Gasteiger partial charge in [-0.2, -0.15) is 4.68 Å². The van der Waals surface area contributed by atoms with Crippen molar-refractivity contribution >= 4 is 23.4 Å². The highest BCUT2D eigenvalue weighted by atomic mass is 35.5. The van der Waals surface area contributed by atoms with Gasteiger partial charge >= 0.3 is 0 Å². The van der Waals surface area contributed by atoms with E-state index < -0.39 is 0 Å². The molecule has 0 fully saturated rings. The third kappa shape index (κ3) is 2.73. The second-order valence-electron chi connectivity index (χ2n) is 3.90. The first-order valence-electron chi connectivity index (χ1n) is 5.40. The van der Waals surface area contributed by atoms with Gasteiger partial charge in [0.1, 0.15) is 0 Å². The molecule has 2 rings (SSSR count). The average Bonchev–Trinajstić information content (AvgIpc) is 2.78. The van der Waals surface area contributed by atoms with Gasteiger partial charge in [-0.25, -0.2) is 0 Å². The van der Waals surface area contributed by atoms with Crippen LogP contribution in [-0.4, -0.2) is 26.0 Å². The molecule has 0 amide bonds. The van der Waals surface area contributed by atoms with E-state index in [0.717, 1.165) is 11.3 Å². The van der Waals surface area contributed by atoms with Crippen molar-refractivity contribution in [3.63, 3.8) is 0 Å². The summed E-state index contributed by atoms with van der Waals surface area (Å²) in [6, 6.07) is 6.06. The van der Waals surface area contributed by atoms with Gasteiger partial charge < -0.3 is 0 Å². The zero-order valence-electron chi connectivity index (χ0n) is 10.2. The number of hydrogen-bond acceptors (Lipinski definition) is 4. The van der Waals surface area contributed by atoms with Crippen LogP contribution < -0.4 is 0 Å². The molecule has 6 heteroatoms. The Labute approximate surface area is 115 Å². The van der Waals surface area contributed by atoms with Crippen LogP contribution in [0.2, 0.25) is 0 Å². The van der Waals surface area contributed by atoms with E-state index in [-0.39, 0.29) is 0 Å². The molecule has 0 aliphatic rings. The lowest BCUT2D eigenvalue weighted by atomic mass is 10.1. The van der Waals surface area contributed by atoms with Crippen LogP contribution in [0.5, 0.6) is 0 Å². The minimum Gasteiger partial charge on any atom is -0.187 e. The van der Waals surface area contributed by atoms with E-state index in [1.165, 1.54) is 17.3 Å². The van der Waals surface area contributed by atoms with Gasteiger partial charge in [0, 0.05) is 10.8 Å². The molecule has 1 aromatic carbocycles. The zero-order valence-corrected chi connectivity index (χ0v) is 11.8. The maximum absolute atomic E-state index is 5.76. The first-order chi connectivity index (χ1) is 8.59. The number of rotatable bonds is 4. The van der Waals surface area contributed by atoms with Crippen molar-refractivity contribution < 1.29 is 0 Å². The van der Waals surface area contributed by atoms with Crippen LogP contribution in [0, 0.1) is 13.8 Å². The predicted molar refractivity (Wildman–Crippen MR) is 74.3 cm³/mol. The first-order valence-corrected chi connectivity index (χ1v) is 6.77. The van der Waals surface area contributed by atoms with Gasteiger partial charge in [0.25, 0.3) is 0 Å². The fraction of sp³-hybridized carbons (Fsp3) is 0.250. The molecule has 0 atom stereocenters. The van der Waals surface area contributed by atoms with Crippen molar-refractivity contribution in [2.75, 3.05) is 5.75 Å². The van der Waals surface area contributed by atoms with Gasteiger partial charge in [-0.15, -0.1) is 5.10 Å². The maximum atomic E-state index is 5.76. The number of aromatic nitrogens is 4. The van der Waals surface area contributed by atoms with Crippen LogP contribution in [-0.2, 0) is 0 Å². The standard InChI is InChI=1S/C12H13ClN4S/c1-8-5-4-6-11(10(8)3)17-12(14-15-16-17)18-7-9(2)13/h4-6H,2,7H2,1,3H3. The Kier molecular flexibility index (Phi) is 4.04. The Morgan fingerprint density at radius 1 is 1.44 bits per heavy atom. The molecule has 0 unspecified atom stereocenters. The van der Waals surface area contributed by atoms with Crippen LogP contribution in [0.3, 0.4) is 0 Å². The Balaban J connectivity index is 2.36. The van der Waals surface area contributed by atoms with Gasteiger partial charge in [0.05, 0.1) is 5.69 Å². The lowest BCUT2D eigenvalue weighted by Gasteiger charge is -2.09. The summed E-state index contributed by atoms with van der Waals surface area (Å²) < 4.78 is 1.73. The lowest BCUT2D eigenvalue weighted by Crippen LogP contribution is -2.02. The highest BCUT2D eigenvalue weighted by Gasteiger charge is 2.11. The monoisotopic (exact) mass is 280 g/mol. The minimum atomic E-state index is 0.579. The van der Waals surface area contributed by atoms with E-state index >= 15 is 0 Å². The molecule has 0 spiro atoms. The van der Waals surface area contributed by atoms with E-state index in [1.807, 2.05) is 12.1 Å². The third-order valence-electron chi connectivity index (χ3n) is 2.60. The molecule has 0 radical (unpaired) electrons. The first kappa shape index (κ1) is 13.1. The van der Waals surface area contributed by atoms with E-state index in [4.69, 9.17) is 11.6 Å². The summed E-state index contributed by atoms with van der Waals surface area (Å²) in [5, 5.41) is 13.0. The molecule has 4 nitrogen and oxygen atoms in total. The molecular weight excluding hydrogens is 268 g/mol. The van der Waals surface area contributed by atoms with Gasteiger partial charge in [-0.1, -0.05) is 42.1 Å². The highest BCUT2D eigenvalue weighted by Crippen LogP contribution is 2.23. The fourth-order valence-corrected chi connectivity index (χ4v) is 2.33. The highest BCUT2D eigenvalue weighted by molar-refractivity contribution is 7.99. The SMILES string of the molecule is C=C(Cl)CSc1nnnn1-c1cccc(C)c1C. The fourth-order valence-electron chi connectivity index (χ4n) is 1.53. The maximum Gasteiger partial charge on any atom is 0.214 e. The summed E-state index contributed by atoms with van der Waals surface area (Å²) in [6.45, 7) is 7.78. The Bertz CT molecular complexity index is 579. The molecule has 1 aromatic heterocycles. The summed E-state index contributed by atoms with van der Waals surface area (Å²) in [6.07, 6.45) is 0. The van der Waals surface area contributed by atoms with Crippen LogP contribution in [0.1, 0.15) is 11.1 Å². The number of thioether (sulfide) groups is 1. The second-order valence-corrected chi connectivity index (χ2v) is 5.38. The molecule has 1 heterocycles. The van der Waals surface area contributed by atoms with Crippen molar-refractivity contribution in [3.05, 3.63) is 40.9 Å². The van der Waals surface area contributed by atoms with Gasteiger partial charge in [-0.3, -0.25) is 0 Å². The molecule has 0 N–H and O–H groups in total. The van der Waals surface area contributed by atoms with Crippen molar-refractivity contribution in [2.45, 2.75) is 19.0 Å². The number of aryl methyl sites for hydroxylation is 1. The molecule has 18 heavy (non-hydrogen) atoms. The molecule has 0 bridgehead atoms. The molecule has 2 aromatic rings. The Morgan fingerprint density at radius 2 is 2.22 bits per heavy atom. The number of tetrazole rings is 1. The number of benzene rings is 1. The normalized spacial score (nSPS) is 10.6. The third-order valence-corrected chi connectivity index (χ3v) is 3.90. The Morgan fingerprint density at radius 3 is 2.94 bits per heavy atom. The number of halogens is 1. The zero-order chi connectivity index (χ0) is 13.1. The van der Waals surface area contributed by atoms with E-state index in [0.29, 0.717) is 15.9 Å². The molecule has 94 valence electrons. The van der Waals surface area contributed by atoms with E-state index in [1.54, 1.807) is 4.68 Å². The average molecular weight is 281 g/mol. The van der Waals surface area contributed by atoms with Crippen molar-refractivity contribution in [3.8, 4) is 5.69 Å². The summed E-state index contributed by atoms with van der Waals surface area (Å²) in [5.41, 5.74) is 3.36. The van der Waals surface area contributed by atoms with E-state index in [9.17, 15) is 0 Å². The minimum absolute atomic E-state index is 0.579. The lowest BCUT2D eigenvalue weighted by molar-refractivity contribution is 0.751. The van der Waals surface area contributed by atoms with Crippen LogP contribution in [0.4, 0.5) is 0 Å².